The number of carbonyl (C=O) groups is 1. The molecule has 2 rings (SSSR count). The number of thioether (sulfide) groups is 1. The predicted molar refractivity (Wildman–Crippen MR) is 81.7 cm³/mol. The minimum Gasteiger partial charge on any atom is -0.464 e. The first kappa shape index (κ1) is 15.4. The molecule has 0 aliphatic carbocycles. The third-order valence-corrected chi connectivity index (χ3v) is 4.23. The minimum atomic E-state index is -0.0572. The van der Waals surface area contributed by atoms with E-state index in [2.05, 4.69) is 10.2 Å². The van der Waals surface area contributed by atoms with Crippen LogP contribution in [-0.2, 0) is 11.3 Å². The topological polar surface area (TPSA) is 48.7 Å². The Bertz CT molecular complexity index is 441. The lowest BCUT2D eigenvalue weighted by Gasteiger charge is -2.26. The average Bonchev–Trinajstić information content (AvgIpc) is 3.04. The molecule has 1 atom stereocenters. The Kier molecular flexibility index (Phi) is 5.51. The maximum atomic E-state index is 12.6. The number of nitrogens with one attached hydrogen (secondary N) is 1. The van der Waals surface area contributed by atoms with Crippen LogP contribution in [0.5, 0.6) is 0 Å². The Labute approximate surface area is 124 Å². The molecule has 0 bridgehead atoms. The molecule has 1 amide bonds. The molecule has 1 N–H and O–H groups in total. The van der Waals surface area contributed by atoms with Gasteiger partial charge in [-0.05, 0) is 33.2 Å². The number of furan rings is 1. The number of likely N-dealkylation sites (N-methyl/N-ethyl adjacent to an activating group) is 1. The van der Waals surface area contributed by atoms with Gasteiger partial charge in [-0.15, -0.1) is 11.8 Å². The van der Waals surface area contributed by atoms with Crippen molar-refractivity contribution >= 4 is 17.7 Å². The predicted octanol–water partition coefficient (Wildman–Crippen LogP) is 1.14. The van der Waals surface area contributed by atoms with Gasteiger partial charge in [-0.2, -0.15) is 0 Å². The van der Waals surface area contributed by atoms with Crippen molar-refractivity contribution in [1.29, 1.82) is 0 Å². The number of rotatable bonds is 6. The van der Waals surface area contributed by atoms with E-state index >= 15 is 0 Å². The van der Waals surface area contributed by atoms with E-state index in [-0.39, 0.29) is 11.9 Å². The van der Waals surface area contributed by atoms with Gasteiger partial charge in [-0.25, -0.2) is 0 Å². The van der Waals surface area contributed by atoms with Gasteiger partial charge in [0, 0.05) is 24.7 Å². The van der Waals surface area contributed by atoms with E-state index in [1.807, 2.05) is 38.1 Å². The zero-order valence-corrected chi connectivity index (χ0v) is 13.2. The van der Waals surface area contributed by atoms with E-state index in [1.165, 1.54) is 0 Å². The molecule has 1 aromatic rings. The highest BCUT2D eigenvalue weighted by molar-refractivity contribution is 7.99. The van der Waals surface area contributed by atoms with Gasteiger partial charge >= 0.3 is 0 Å². The molecule has 0 radical (unpaired) electrons. The summed E-state index contributed by atoms with van der Waals surface area (Å²) in [5, 5.41) is 3.24. The largest absolute Gasteiger partial charge is 0.464 e. The monoisotopic (exact) mass is 297 g/mol. The molecule has 0 saturated carbocycles. The Morgan fingerprint density at radius 1 is 1.45 bits per heavy atom. The normalized spacial score (nSPS) is 18.7. The Morgan fingerprint density at radius 3 is 2.80 bits per heavy atom. The van der Waals surface area contributed by atoms with Gasteiger partial charge in [0.1, 0.15) is 11.5 Å². The Morgan fingerprint density at radius 2 is 2.25 bits per heavy atom. The molecule has 2 heterocycles. The number of aryl methyl sites for hydroxylation is 1. The zero-order chi connectivity index (χ0) is 14.5. The number of hydrogen-bond donors (Lipinski definition) is 1. The van der Waals surface area contributed by atoms with E-state index in [0.29, 0.717) is 13.1 Å². The second-order valence-corrected chi connectivity index (χ2v) is 6.38. The molecule has 1 unspecified atom stereocenters. The van der Waals surface area contributed by atoms with Crippen molar-refractivity contribution in [2.24, 2.45) is 0 Å². The first-order valence-electron chi connectivity index (χ1n) is 6.86. The van der Waals surface area contributed by atoms with Gasteiger partial charge in [0.2, 0.25) is 5.91 Å². The highest BCUT2D eigenvalue weighted by Crippen LogP contribution is 2.15. The van der Waals surface area contributed by atoms with Crippen LogP contribution < -0.4 is 5.32 Å². The van der Waals surface area contributed by atoms with Gasteiger partial charge in [-0.3, -0.25) is 10.1 Å². The summed E-state index contributed by atoms with van der Waals surface area (Å²) in [6.07, 6.45) is 0. The van der Waals surface area contributed by atoms with Gasteiger partial charge in [0.15, 0.2) is 0 Å². The maximum absolute atomic E-state index is 12.6. The molecule has 20 heavy (non-hydrogen) atoms. The lowest BCUT2D eigenvalue weighted by molar-refractivity contribution is -0.133. The van der Waals surface area contributed by atoms with E-state index in [0.717, 1.165) is 29.7 Å². The molecule has 1 aliphatic heterocycles. The van der Waals surface area contributed by atoms with Crippen LogP contribution in [0.3, 0.4) is 0 Å². The standard InChI is InChI=1S/C14H23N3O2S/c1-11-4-5-12(19-11)8-17(7-6-16(2)3)14(18)13-9-20-10-15-13/h4-5,13,15H,6-10H2,1-3H3. The third kappa shape index (κ3) is 4.26. The summed E-state index contributed by atoms with van der Waals surface area (Å²) in [6, 6.07) is 3.83. The van der Waals surface area contributed by atoms with Crippen molar-refractivity contribution in [3.8, 4) is 0 Å². The van der Waals surface area contributed by atoms with Crippen molar-refractivity contribution in [3.05, 3.63) is 23.7 Å². The fourth-order valence-electron chi connectivity index (χ4n) is 2.12. The van der Waals surface area contributed by atoms with Crippen LogP contribution >= 0.6 is 11.8 Å². The molecule has 1 aliphatic rings. The van der Waals surface area contributed by atoms with Crippen molar-refractivity contribution in [3.63, 3.8) is 0 Å². The Balaban J connectivity index is 2.00. The van der Waals surface area contributed by atoms with Gasteiger partial charge in [-0.1, -0.05) is 0 Å². The summed E-state index contributed by atoms with van der Waals surface area (Å²) in [5.41, 5.74) is 0. The summed E-state index contributed by atoms with van der Waals surface area (Å²) >= 11 is 1.77. The fraction of sp³-hybridized carbons (Fsp3) is 0.643. The second-order valence-electron chi connectivity index (χ2n) is 5.35. The molecule has 0 spiro atoms. The molecular formula is C14H23N3O2S. The first-order chi connectivity index (χ1) is 9.56. The Hall–Kier alpha value is -0.980. The number of carbonyl (C=O) groups excluding carboxylic acids is 1. The van der Waals surface area contributed by atoms with Gasteiger partial charge in [0.25, 0.3) is 0 Å². The van der Waals surface area contributed by atoms with Crippen molar-refractivity contribution < 1.29 is 9.21 Å². The minimum absolute atomic E-state index is 0.0572. The lowest BCUT2D eigenvalue weighted by atomic mass is 10.2. The molecule has 1 saturated heterocycles. The second kappa shape index (κ2) is 7.15. The van der Waals surface area contributed by atoms with Crippen LogP contribution in [0, 0.1) is 6.92 Å². The summed E-state index contributed by atoms with van der Waals surface area (Å²) < 4.78 is 5.60. The zero-order valence-electron chi connectivity index (χ0n) is 12.4. The molecule has 5 nitrogen and oxygen atoms in total. The van der Waals surface area contributed by atoms with Crippen LogP contribution in [0.25, 0.3) is 0 Å². The van der Waals surface area contributed by atoms with Crippen molar-refractivity contribution in [2.45, 2.75) is 19.5 Å². The highest BCUT2D eigenvalue weighted by Gasteiger charge is 2.27. The molecule has 1 aromatic heterocycles. The fourth-order valence-corrected chi connectivity index (χ4v) is 3.05. The van der Waals surface area contributed by atoms with Crippen molar-refractivity contribution in [2.75, 3.05) is 38.8 Å². The number of nitrogens with zero attached hydrogens (tertiary/aromatic N) is 2. The van der Waals surface area contributed by atoms with E-state index in [9.17, 15) is 4.79 Å². The van der Waals surface area contributed by atoms with E-state index in [1.54, 1.807) is 11.8 Å². The smallest absolute Gasteiger partial charge is 0.241 e. The third-order valence-electron chi connectivity index (χ3n) is 3.29. The maximum Gasteiger partial charge on any atom is 0.241 e. The summed E-state index contributed by atoms with van der Waals surface area (Å²) in [4.78, 5) is 16.5. The van der Waals surface area contributed by atoms with Crippen LogP contribution in [0.1, 0.15) is 11.5 Å². The lowest BCUT2D eigenvalue weighted by Crippen LogP contribution is -2.46. The first-order valence-corrected chi connectivity index (χ1v) is 8.01. The average molecular weight is 297 g/mol. The molecule has 6 heteroatoms. The SMILES string of the molecule is Cc1ccc(CN(CCN(C)C)C(=O)C2CSCN2)o1. The molecule has 112 valence electrons. The van der Waals surface area contributed by atoms with Crippen LogP contribution in [0.15, 0.2) is 16.5 Å². The summed E-state index contributed by atoms with van der Waals surface area (Å²) in [5.74, 6) is 3.62. The summed E-state index contributed by atoms with van der Waals surface area (Å²) in [7, 11) is 4.03. The van der Waals surface area contributed by atoms with Crippen LogP contribution in [0.2, 0.25) is 0 Å². The van der Waals surface area contributed by atoms with Crippen molar-refractivity contribution in [1.82, 2.24) is 15.1 Å². The molecular weight excluding hydrogens is 274 g/mol. The quantitative estimate of drug-likeness (QED) is 0.853. The summed E-state index contributed by atoms with van der Waals surface area (Å²) in [6.45, 7) is 4.04. The molecule has 0 aromatic carbocycles. The van der Waals surface area contributed by atoms with E-state index < -0.39 is 0 Å². The van der Waals surface area contributed by atoms with E-state index in [4.69, 9.17) is 4.42 Å². The van der Waals surface area contributed by atoms with Gasteiger partial charge < -0.3 is 14.2 Å². The van der Waals surface area contributed by atoms with Gasteiger partial charge in [0.05, 0.1) is 12.6 Å². The molecule has 1 fully saturated rings. The van der Waals surface area contributed by atoms with Crippen LogP contribution in [-0.4, -0.2) is 60.6 Å². The van der Waals surface area contributed by atoms with Crippen LogP contribution in [0.4, 0.5) is 0 Å². The number of amides is 1. The highest BCUT2D eigenvalue weighted by atomic mass is 32.2. The number of hydrogen-bond acceptors (Lipinski definition) is 5.